The second-order valence-electron chi connectivity index (χ2n) is 15.9. The van der Waals surface area contributed by atoms with Crippen molar-refractivity contribution in [2.24, 2.45) is 0 Å². The molecule has 0 saturated heterocycles. The van der Waals surface area contributed by atoms with Crippen LogP contribution in [0.3, 0.4) is 0 Å². The maximum absolute atomic E-state index is 16.4. The van der Waals surface area contributed by atoms with E-state index in [0.717, 1.165) is 88.4 Å². The number of hydrogen-bond donors (Lipinski definition) is 0. The second kappa shape index (κ2) is 12.3. The topological polar surface area (TPSA) is 44.4 Å². The van der Waals surface area contributed by atoms with E-state index in [1.54, 1.807) is 0 Å². The minimum absolute atomic E-state index is 0.722. The van der Waals surface area contributed by atoms with Crippen LogP contribution in [0.5, 0.6) is 11.5 Å². The third-order valence-electron chi connectivity index (χ3n) is 12.9. The lowest BCUT2D eigenvalue weighted by Gasteiger charge is -2.47. The monoisotopic (exact) mass is 787 g/mol. The summed E-state index contributed by atoms with van der Waals surface area (Å²) in [6.45, 7) is 0. The van der Waals surface area contributed by atoms with Gasteiger partial charge in [0.25, 0.3) is 0 Å². The Morgan fingerprint density at radius 2 is 1.07 bits per heavy atom. The SMILES string of the molecule is O=P1(c2ccccc2)c2ccccc2C2(c3ccccc3Oc3cc(-c4cccc(-n5c6ccccc6c6ccccc65)c4)ccc32)c2cc3c(cc21)oc1ccccc13. The van der Waals surface area contributed by atoms with E-state index in [2.05, 4.69) is 150 Å². The van der Waals surface area contributed by atoms with Crippen molar-refractivity contribution < 1.29 is 13.7 Å². The summed E-state index contributed by atoms with van der Waals surface area (Å²) in [6, 6.07) is 71.8. The summed E-state index contributed by atoms with van der Waals surface area (Å²) in [6.07, 6.45) is 0. The molecule has 60 heavy (non-hydrogen) atoms. The third kappa shape index (κ3) is 4.38. The minimum atomic E-state index is -3.44. The minimum Gasteiger partial charge on any atom is -0.457 e. The van der Waals surface area contributed by atoms with E-state index >= 15 is 4.57 Å². The van der Waals surface area contributed by atoms with Crippen molar-refractivity contribution in [1.82, 2.24) is 4.57 Å². The summed E-state index contributed by atoms with van der Waals surface area (Å²) in [7, 11) is -3.44. The number of benzene rings is 9. The number of fused-ring (bicyclic) bond motifs is 14. The number of rotatable bonds is 3. The molecule has 2 aliphatic heterocycles. The fourth-order valence-electron chi connectivity index (χ4n) is 10.4. The summed E-state index contributed by atoms with van der Waals surface area (Å²) in [4.78, 5) is 0. The Morgan fingerprint density at radius 3 is 1.88 bits per heavy atom. The van der Waals surface area contributed by atoms with Crippen LogP contribution in [-0.2, 0) is 9.98 Å². The first-order chi connectivity index (χ1) is 29.6. The second-order valence-corrected chi connectivity index (χ2v) is 18.6. The van der Waals surface area contributed by atoms with Gasteiger partial charge in [-0.15, -0.1) is 0 Å². The fraction of sp³-hybridized carbons (Fsp3) is 0.0182. The highest BCUT2D eigenvalue weighted by atomic mass is 31.2. The highest BCUT2D eigenvalue weighted by Gasteiger charge is 2.55. The molecule has 2 aromatic heterocycles. The average molecular weight is 788 g/mol. The van der Waals surface area contributed by atoms with Crippen LogP contribution in [0.2, 0.25) is 0 Å². The first-order valence-electron chi connectivity index (χ1n) is 20.4. The van der Waals surface area contributed by atoms with Gasteiger partial charge in [0.05, 0.1) is 16.4 Å². The van der Waals surface area contributed by atoms with Gasteiger partial charge in [-0.2, -0.15) is 0 Å². The standard InChI is InChI=1S/C55H34NO3P/c57-60(38-17-2-1-3-18-38)53-28-13-8-23-45(53)55(46-33-42-41-21-6-11-26-49(41)58-51(42)34-54(46)60)43-22-7-12-27-50(43)59-52-32-36(29-30-44(52)55)35-15-14-16-37(31-35)56-47-24-9-4-19-39(47)40-20-5-10-25-48(40)56/h1-34H. The van der Waals surface area contributed by atoms with Crippen molar-refractivity contribution >= 4 is 66.8 Å². The summed E-state index contributed by atoms with van der Waals surface area (Å²) in [5.74, 6) is 1.54. The molecule has 0 amide bonds. The molecule has 0 N–H and O–H groups in total. The molecule has 11 aromatic rings. The number of ether oxygens (including phenoxy) is 1. The van der Waals surface area contributed by atoms with Gasteiger partial charge in [0, 0.05) is 54.3 Å². The van der Waals surface area contributed by atoms with Crippen molar-refractivity contribution in [3.8, 4) is 28.3 Å². The molecule has 0 bridgehead atoms. The van der Waals surface area contributed by atoms with Crippen molar-refractivity contribution in [1.29, 1.82) is 0 Å². The van der Waals surface area contributed by atoms with Crippen LogP contribution in [0.1, 0.15) is 22.3 Å². The Hall–Kier alpha value is -7.39. The van der Waals surface area contributed by atoms with Crippen molar-refractivity contribution in [2.75, 3.05) is 0 Å². The summed E-state index contributed by atoms with van der Waals surface area (Å²) in [5, 5.41) is 6.88. The van der Waals surface area contributed by atoms with E-state index in [9.17, 15) is 0 Å². The summed E-state index contributed by atoms with van der Waals surface area (Å²) in [5.41, 5.74) is 10.2. The van der Waals surface area contributed by atoms with E-state index in [0.29, 0.717) is 0 Å². The highest BCUT2D eigenvalue weighted by molar-refractivity contribution is 7.85. The van der Waals surface area contributed by atoms with Gasteiger partial charge in [-0.3, -0.25) is 0 Å². The Labute approximate surface area is 345 Å². The lowest BCUT2D eigenvalue weighted by atomic mass is 9.63. The average Bonchev–Trinajstić information content (AvgIpc) is 3.85. The maximum Gasteiger partial charge on any atom is 0.171 e. The number of hydrogen-bond acceptors (Lipinski definition) is 3. The van der Waals surface area contributed by atoms with E-state index in [1.165, 1.54) is 21.8 Å². The van der Waals surface area contributed by atoms with Crippen LogP contribution in [0.25, 0.3) is 60.6 Å². The normalized spacial score (nSPS) is 17.7. The molecule has 0 saturated carbocycles. The van der Waals surface area contributed by atoms with Crippen LogP contribution >= 0.6 is 7.14 Å². The van der Waals surface area contributed by atoms with Crippen LogP contribution in [0.4, 0.5) is 0 Å². The molecule has 13 rings (SSSR count). The Balaban J connectivity index is 1.09. The van der Waals surface area contributed by atoms with Gasteiger partial charge in [0.15, 0.2) is 7.14 Å². The zero-order valence-electron chi connectivity index (χ0n) is 32.2. The molecule has 0 aliphatic carbocycles. The van der Waals surface area contributed by atoms with Crippen LogP contribution < -0.4 is 20.7 Å². The molecule has 2 atom stereocenters. The molecule has 2 unspecified atom stereocenters. The molecule has 9 aromatic carbocycles. The Morgan fingerprint density at radius 1 is 0.417 bits per heavy atom. The molecule has 2 aliphatic rings. The maximum atomic E-state index is 16.4. The van der Waals surface area contributed by atoms with E-state index in [1.807, 2.05) is 60.7 Å². The fourth-order valence-corrected chi connectivity index (χ4v) is 13.6. The highest BCUT2D eigenvalue weighted by Crippen LogP contribution is 2.62. The van der Waals surface area contributed by atoms with Crippen molar-refractivity contribution in [3.05, 3.63) is 229 Å². The summed E-state index contributed by atoms with van der Waals surface area (Å²) < 4.78 is 32.4. The lowest BCUT2D eigenvalue weighted by Crippen LogP contribution is -2.47. The third-order valence-corrected chi connectivity index (χ3v) is 16.1. The predicted octanol–water partition coefficient (Wildman–Crippen LogP) is 12.8. The van der Waals surface area contributed by atoms with E-state index < -0.39 is 12.6 Å². The van der Waals surface area contributed by atoms with Crippen LogP contribution in [0.15, 0.2) is 211 Å². The number of nitrogens with zero attached hydrogens (tertiary/aromatic N) is 1. The first-order valence-corrected chi connectivity index (χ1v) is 22.1. The molecular weight excluding hydrogens is 754 g/mol. The number of para-hydroxylation sites is 4. The van der Waals surface area contributed by atoms with Gasteiger partial charge >= 0.3 is 0 Å². The Bertz CT molecular complexity index is 3580. The lowest BCUT2D eigenvalue weighted by molar-refractivity contribution is 0.435. The largest absolute Gasteiger partial charge is 0.457 e. The molecule has 4 heterocycles. The molecular formula is C55H34NO3P. The first kappa shape index (κ1) is 33.6. The quantitative estimate of drug-likeness (QED) is 0.168. The number of furan rings is 1. The van der Waals surface area contributed by atoms with Crippen LogP contribution in [-0.4, -0.2) is 4.57 Å². The molecule has 282 valence electrons. The number of aromatic nitrogens is 1. The summed E-state index contributed by atoms with van der Waals surface area (Å²) >= 11 is 0. The predicted molar refractivity (Wildman–Crippen MR) is 245 cm³/mol. The smallest absolute Gasteiger partial charge is 0.171 e. The zero-order valence-corrected chi connectivity index (χ0v) is 33.1. The van der Waals surface area contributed by atoms with E-state index in [-0.39, 0.29) is 0 Å². The molecule has 0 radical (unpaired) electrons. The van der Waals surface area contributed by atoms with E-state index in [4.69, 9.17) is 9.15 Å². The zero-order chi connectivity index (χ0) is 39.6. The van der Waals surface area contributed by atoms with Crippen molar-refractivity contribution in [3.63, 3.8) is 0 Å². The van der Waals surface area contributed by atoms with Crippen molar-refractivity contribution in [2.45, 2.75) is 5.41 Å². The van der Waals surface area contributed by atoms with Crippen LogP contribution in [0, 0.1) is 0 Å². The molecule has 0 fully saturated rings. The van der Waals surface area contributed by atoms with Gasteiger partial charge in [-0.25, -0.2) is 0 Å². The van der Waals surface area contributed by atoms with Gasteiger partial charge in [-0.05, 0) is 76.9 Å². The van der Waals surface area contributed by atoms with Gasteiger partial charge < -0.3 is 18.3 Å². The van der Waals surface area contributed by atoms with Gasteiger partial charge in [-0.1, -0.05) is 152 Å². The Kier molecular flexibility index (Phi) is 6.89. The molecule has 4 nitrogen and oxygen atoms in total. The molecule has 5 heteroatoms. The van der Waals surface area contributed by atoms with Gasteiger partial charge in [0.1, 0.15) is 22.7 Å². The molecule has 1 spiro atoms. The van der Waals surface area contributed by atoms with Gasteiger partial charge in [0.2, 0.25) is 0 Å².